The molecule has 0 aliphatic heterocycles. The lowest BCUT2D eigenvalue weighted by molar-refractivity contribution is 0.395. The van der Waals surface area contributed by atoms with Crippen LogP contribution in [0.25, 0.3) is 0 Å². The second-order valence-corrected chi connectivity index (χ2v) is 4.65. The lowest BCUT2D eigenvalue weighted by Crippen LogP contribution is -2.23. The quantitative estimate of drug-likeness (QED) is 0.708. The summed E-state index contributed by atoms with van der Waals surface area (Å²) in [6.07, 6.45) is 2.35. The van der Waals surface area contributed by atoms with Crippen LogP contribution in [0.2, 0.25) is 0 Å². The summed E-state index contributed by atoms with van der Waals surface area (Å²) in [6, 6.07) is 8.75. The molecule has 0 aliphatic rings. The summed E-state index contributed by atoms with van der Waals surface area (Å²) >= 11 is 0. The number of hydrogen-bond donors (Lipinski definition) is 1. The molecule has 1 aromatic rings. The molecule has 0 fully saturated rings. The largest absolute Gasteiger partial charge is 0.316 e. The van der Waals surface area contributed by atoms with Crippen LogP contribution in [-0.2, 0) is 6.42 Å². The van der Waals surface area contributed by atoms with Crippen molar-refractivity contribution in [3.05, 3.63) is 35.4 Å². The smallest absolute Gasteiger partial charge is 0.000834 e. The van der Waals surface area contributed by atoms with Crippen molar-refractivity contribution in [2.24, 2.45) is 0 Å². The second kappa shape index (κ2) is 7.42. The molecule has 0 saturated carbocycles. The fourth-order valence-electron chi connectivity index (χ4n) is 1.75. The van der Waals surface area contributed by atoms with Gasteiger partial charge in [0.1, 0.15) is 0 Å². The van der Waals surface area contributed by atoms with Crippen LogP contribution in [0.15, 0.2) is 24.3 Å². The molecule has 0 atom stereocenters. The summed E-state index contributed by atoms with van der Waals surface area (Å²) in [5, 5.41) is 3.48. The summed E-state index contributed by atoms with van der Waals surface area (Å²) in [4.78, 5) is 2.22. The van der Waals surface area contributed by atoms with Gasteiger partial charge in [-0.3, -0.25) is 0 Å². The topological polar surface area (TPSA) is 15.3 Å². The molecule has 2 nitrogen and oxygen atoms in total. The Morgan fingerprint density at radius 2 is 2.00 bits per heavy atom. The molecule has 0 saturated heterocycles. The summed E-state index contributed by atoms with van der Waals surface area (Å²) in [5.74, 6) is 0. The zero-order valence-electron chi connectivity index (χ0n) is 10.8. The monoisotopic (exact) mass is 220 g/mol. The van der Waals surface area contributed by atoms with E-state index in [-0.39, 0.29) is 0 Å². The van der Waals surface area contributed by atoms with Crippen LogP contribution in [0.1, 0.15) is 17.5 Å². The van der Waals surface area contributed by atoms with Gasteiger partial charge < -0.3 is 10.2 Å². The van der Waals surface area contributed by atoms with Gasteiger partial charge in [0.25, 0.3) is 0 Å². The maximum atomic E-state index is 3.48. The Morgan fingerprint density at radius 3 is 2.69 bits per heavy atom. The molecule has 0 amide bonds. The summed E-state index contributed by atoms with van der Waals surface area (Å²) in [7, 11) is 4.24. The number of nitrogens with zero attached hydrogens (tertiary/aromatic N) is 1. The van der Waals surface area contributed by atoms with Gasteiger partial charge in [0.15, 0.2) is 0 Å². The highest BCUT2D eigenvalue weighted by Gasteiger charge is 1.94. The number of rotatable bonds is 7. The molecule has 1 N–H and O–H groups in total. The fourth-order valence-corrected chi connectivity index (χ4v) is 1.75. The fraction of sp³-hybridized carbons (Fsp3) is 0.571. The Hall–Kier alpha value is -0.860. The first-order valence-corrected chi connectivity index (χ1v) is 6.09. The SMILES string of the molecule is Cc1cccc(CCNCCCN(C)C)c1. The van der Waals surface area contributed by atoms with Crippen molar-refractivity contribution < 1.29 is 0 Å². The van der Waals surface area contributed by atoms with Gasteiger partial charge >= 0.3 is 0 Å². The van der Waals surface area contributed by atoms with Crippen molar-refractivity contribution in [2.75, 3.05) is 33.7 Å². The molecule has 0 radical (unpaired) electrons. The van der Waals surface area contributed by atoms with Gasteiger partial charge in [-0.05, 0) is 59.1 Å². The van der Waals surface area contributed by atoms with Crippen LogP contribution in [0.4, 0.5) is 0 Å². The molecular weight excluding hydrogens is 196 g/mol. The molecule has 0 unspecified atom stereocenters. The first-order chi connectivity index (χ1) is 7.68. The highest BCUT2D eigenvalue weighted by atomic mass is 15.0. The van der Waals surface area contributed by atoms with Crippen molar-refractivity contribution >= 4 is 0 Å². The molecule has 0 spiro atoms. The zero-order valence-corrected chi connectivity index (χ0v) is 10.8. The van der Waals surface area contributed by atoms with Crippen LogP contribution in [0.3, 0.4) is 0 Å². The van der Waals surface area contributed by atoms with E-state index in [1.54, 1.807) is 0 Å². The van der Waals surface area contributed by atoms with E-state index in [9.17, 15) is 0 Å². The highest BCUT2D eigenvalue weighted by molar-refractivity contribution is 5.22. The normalized spacial score (nSPS) is 11.0. The highest BCUT2D eigenvalue weighted by Crippen LogP contribution is 2.03. The van der Waals surface area contributed by atoms with Gasteiger partial charge in [-0.15, -0.1) is 0 Å². The summed E-state index contributed by atoms with van der Waals surface area (Å²) in [6.45, 7) is 5.51. The Kier molecular flexibility index (Phi) is 6.12. The molecule has 90 valence electrons. The maximum Gasteiger partial charge on any atom is -0.000834 e. The Balaban J connectivity index is 2.07. The van der Waals surface area contributed by atoms with Crippen LogP contribution < -0.4 is 5.32 Å². The van der Waals surface area contributed by atoms with Crippen molar-refractivity contribution in [3.63, 3.8) is 0 Å². The molecule has 1 aromatic carbocycles. The van der Waals surface area contributed by atoms with Gasteiger partial charge in [-0.1, -0.05) is 29.8 Å². The standard InChI is InChI=1S/C14H24N2/c1-13-6-4-7-14(12-13)8-10-15-9-5-11-16(2)3/h4,6-7,12,15H,5,8-11H2,1-3H3. The molecule has 0 aliphatic carbocycles. The van der Waals surface area contributed by atoms with E-state index in [0.29, 0.717) is 0 Å². The Labute approximate surface area is 99.7 Å². The van der Waals surface area contributed by atoms with Crippen LogP contribution in [-0.4, -0.2) is 38.6 Å². The lowest BCUT2D eigenvalue weighted by atomic mass is 10.1. The third-order valence-corrected chi connectivity index (χ3v) is 2.63. The van der Waals surface area contributed by atoms with Gasteiger partial charge in [-0.2, -0.15) is 0 Å². The first kappa shape index (κ1) is 13.2. The molecule has 0 aromatic heterocycles. The number of aryl methyl sites for hydroxylation is 1. The third kappa shape index (κ3) is 5.89. The minimum Gasteiger partial charge on any atom is -0.316 e. The third-order valence-electron chi connectivity index (χ3n) is 2.63. The minimum atomic E-state index is 1.08. The van der Waals surface area contributed by atoms with Crippen LogP contribution >= 0.6 is 0 Å². The molecule has 0 bridgehead atoms. The average molecular weight is 220 g/mol. The second-order valence-electron chi connectivity index (χ2n) is 4.65. The summed E-state index contributed by atoms with van der Waals surface area (Å²) < 4.78 is 0. The van der Waals surface area contributed by atoms with E-state index in [2.05, 4.69) is 55.5 Å². The van der Waals surface area contributed by atoms with Crippen molar-refractivity contribution in [1.29, 1.82) is 0 Å². The van der Waals surface area contributed by atoms with Gasteiger partial charge in [0, 0.05) is 0 Å². The zero-order chi connectivity index (χ0) is 11.8. The van der Waals surface area contributed by atoms with Gasteiger partial charge in [0.05, 0.1) is 0 Å². The van der Waals surface area contributed by atoms with Gasteiger partial charge in [-0.25, -0.2) is 0 Å². The number of hydrogen-bond acceptors (Lipinski definition) is 2. The van der Waals surface area contributed by atoms with Crippen LogP contribution in [0, 0.1) is 6.92 Å². The van der Waals surface area contributed by atoms with E-state index >= 15 is 0 Å². The Morgan fingerprint density at radius 1 is 1.19 bits per heavy atom. The van der Waals surface area contributed by atoms with E-state index < -0.39 is 0 Å². The average Bonchev–Trinajstić information content (AvgIpc) is 2.23. The minimum absolute atomic E-state index is 1.08. The van der Waals surface area contributed by atoms with Gasteiger partial charge in [0.2, 0.25) is 0 Å². The van der Waals surface area contributed by atoms with Crippen molar-refractivity contribution in [3.8, 4) is 0 Å². The van der Waals surface area contributed by atoms with E-state index in [1.807, 2.05) is 0 Å². The summed E-state index contributed by atoms with van der Waals surface area (Å²) in [5.41, 5.74) is 2.78. The molecular formula is C14H24N2. The van der Waals surface area contributed by atoms with E-state index in [1.165, 1.54) is 17.5 Å². The molecule has 0 heterocycles. The number of nitrogens with one attached hydrogen (secondary N) is 1. The predicted molar refractivity (Wildman–Crippen MR) is 70.9 cm³/mol. The predicted octanol–water partition coefficient (Wildman–Crippen LogP) is 2.08. The Bertz CT molecular complexity index is 295. The molecule has 2 heteroatoms. The van der Waals surface area contributed by atoms with Crippen LogP contribution in [0.5, 0.6) is 0 Å². The first-order valence-electron chi connectivity index (χ1n) is 6.09. The molecule has 1 rings (SSSR count). The maximum absolute atomic E-state index is 3.48. The van der Waals surface area contributed by atoms with E-state index in [0.717, 1.165) is 26.1 Å². The molecule has 16 heavy (non-hydrogen) atoms. The van der Waals surface area contributed by atoms with E-state index in [4.69, 9.17) is 0 Å². The van der Waals surface area contributed by atoms with Crippen molar-refractivity contribution in [1.82, 2.24) is 10.2 Å². The number of benzene rings is 1. The van der Waals surface area contributed by atoms with Crippen molar-refractivity contribution in [2.45, 2.75) is 19.8 Å². The lowest BCUT2D eigenvalue weighted by Gasteiger charge is -2.09.